The van der Waals surface area contributed by atoms with E-state index in [1.807, 2.05) is 30.3 Å². The normalized spacial score (nSPS) is 11.7. The van der Waals surface area contributed by atoms with Gasteiger partial charge in [0.2, 0.25) is 0 Å². The van der Waals surface area contributed by atoms with Crippen molar-refractivity contribution in [2.24, 2.45) is 0 Å². The van der Waals surface area contributed by atoms with Gasteiger partial charge in [-0.25, -0.2) is 0 Å². The molecule has 1 unspecified atom stereocenters. The first kappa shape index (κ1) is 19.9. The third-order valence-electron chi connectivity index (χ3n) is 4.34. The number of ketones is 1. The molecule has 3 aromatic rings. The number of allylic oxidation sites excluding steroid dienone is 1. The van der Waals surface area contributed by atoms with Crippen LogP contribution in [0.2, 0.25) is 0 Å². The van der Waals surface area contributed by atoms with Crippen LogP contribution in [0, 0.1) is 0 Å². The highest BCUT2D eigenvalue weighted by Gasteiger charge is 2.13. The van der Waals surface area contributed by atoms with Gasteiger partial charge >= 0.3 is 0 Å². The summed E-state index contributed by atoms with van der Waals surface area (Å²) in [5, 5.41) is 2.74. The standard InChI is InChI=1S/C24H20N2O3/c27-17-22(16-19-4-2-1-3-5-19)26-24(29)21-9-6-18(7-10-21)8-11-23(28)20-12-14-25-15-13-20/h1-15,17,22H,16H2,(H,26,29)/b11-8+. The lowest BCUT2D eigenvalue weighted by atomic mass is 10.1. The second-order valence-corrected chi connectivity index (χ2v) is 6.46. The average molecular weight is 384 g/mol. The Kier molecular flexibility index (Phi) is 6.79. The van der Waals surface area contributed by atoms with Crippen molar-refractivity contribution in [3.05, 3.63) is 107 Å². The molecule has 5 nitrogen and oxygen atoms in total. The number of nitrogens with zero attached hydrogens (tertiary/aromatic N) is 1. The zero-order valence-corrected chi connectivity index (χ0v) is 15.7. The molecular weight excluding hydrogens is 364 g/mol. The molecule has 144 valence electrons. The Morgan fingerprint density at radius 2 is 1.59 bits per heavy atom. The van der Waals surface area contributed by atoms with E-state index < -0.39 is 6.04 Å². The molecule has 1 atom stereocenters. The minimum atomic E-state index is -0.595. The van der Waals surface area contributed by atoms with E-state index in [1.54, 1.807) is 54.9 Å². The molecule has 1 N–H and O–H groups in total. The third-order valence-corrected chi connectivity index (χ3v) is 4.34. The molecule has 1 aromatic heterocycles. The van der Waals surface area contributed by atoms with Crippen LogP contribution in [0.25, 0.3) is 6.08 Å². The Balaban J connectivity index is 1.60. The van der Waals surface area contributed by atoms with Gasteiger partial charge in [0, 0.05) is 23.5 Å². The van der Waals surface area contributed by atoms with Crippen molar-refractivity contribution in [2.45, 2.75) is 12.5 Å². The van der Waals surface area contributed by atoms with E-state index in [0.717, 1.165) is 17.4 Å². The van der Waals surface area contributed by atoms with Crippen LogP contribution in [0.15, 0.2) is 85.2 Å². The molecule has 0 aliphatic carbocycles. The van der Waals surface area contributed by atoms with Crippen LogP contribution in [-0.4, -0.2) is 29.0 Å². The molecule has 29 heavy (non-hydrogen) atoms. The van der Waals surface area contributed by atoms with Gasteiger partial charge in [-0.3, -0.25) is 14.6 Å². The summed E-state index contributed by atoms with van der Waals surface area (Å²) in [6.45, 7) is 0. The quantitative estimate of drug-likeness (QED) is 0.366. The van der Waals surface area contributed by atoms with E-state index in [2.05, 4.69) is 10.3 Å². The van der Waals surface area contributed by atoms with Crippen LogP contribution in [0.3, 0.4) is 0 Å². The summed E-state index contributed by atoms with van der Waals surface area (Å²) in [5.41, 5.74) is 2.78. The van der Waals surface area contributed by atoms with Crippen LogP contribution < -0.4 is 5.32 Å². The Bertz CT molecular complexity index is 997. The number of pyridine rings is 1. The molecule has 2 aromatic carbocycles. The lowest BCUT2D eigenvalue weighted by Gasteiger charge is -2.13. The van der Waals surface area contributed by atoms with Gasteiger partial charge in [0.1, 0.15) is 6.29 Å². The number of hydrogen-bond donors (Lipinski definition) is 1. The summed E-state index contributed by atoms with van der Waals surface area (Å²) in [7, 11) is 0. The number of amides is 1. The Hall–Kier alpha value is -3.86. The molecule has 0 bridgehead atoms. The van der Waals surface area contributed by atoms with Crippen molar-refractivity contribution in [1.82, 2.24) is 10.3 Å². The SMILES string of the molecule is O=CC(Cc1ccccc1)NC(=O)c1ccc(/C=C/C(=O)c2ccncc2)cc1. The predicted molar refractivity (Wildman–Crippen MR) is 112 cm³/mol. The van der Waals surface area contributed by atoms with Crippen molar-refractivity contribution >= 4 is 24.1 Å². The lowest BCUT2D eigenvalue weighted by molar-refractivity contribution is -0.109. The fourth-order valence-corrected chi connectivity index (χ4v) is 2.78. The van der Waals surface area contributed by atoms with Gasteiger partial charge in [-0.05, 0) is 47.9 Å². The number of aromatic nitrogens is 1. The minimum absolute atomic E-state index is 0.121. The summed E-state index contributed by atoms with van der Waals surface area (Å²) in [4.78, 5) is 39.7. The molecule has 0 radical (unpaired) electrons. The maximum atomic E-state index is 12.4. The van der Waals surface area contributed by atoms with E-state index in [1.165, 1.54) is 6.08 Å². The molecule has 1 heterocycles. The van der Waals surface area contributed by atoms with E-state index in [9.17, 15) is 14.4 Å². The highest BCUT2D eigenvalue weighted by Crippen LogP contribution is 2.09. The molecule has 0 saturated carbocycles. The van der Waals surface area contributed by atoms with Gasteiger partial charge in [0.15, 0.2) is 5.78 Å². The van der Waals surface area contributed by atoms with Gasteiger partial charge in [0.05, 0.1) is 6.04 Å². The number of carbonyl (C=O) groups is 3. The zero-order chi connectivity index (χ0) is 20.5. The van der Waals surface area contributed by atoms with Gasteiger partial charge in [0.25, 0.3) is 5.91 Å². The van der Waals surface area contributed by atoms with Gasteiger partial charge in [-0.2, -0.15) is 0 Å². The van der Waals surface area contributed by atoms with Crippen molar-refractivity contribution in [3.63, 3.8) is 0 Å². The van der Waals surface area contributed by atoms with Crippen molar-refractivity contribution in [1.29, 1.82) is 0 Å². The Labute approximate surface area is 169 Å². The van der Waals surface area contributed by atoms with Crippen LogP contribution in [0.1, 0.15) is 31.8 Å². The molecule has 1 amide bonds. The van der Waals surface area contributed by atoms with Crippen molar-refractivity contribution < 1.29 is 14.4 Å². The largest absolute Gasteiger partial charge is 0.342 e. The Morgan fingerprint density at radius 3 is 2.24 bits per heavy atom. The Morgan fingerprint density at radius 1 is 0.897 bits per heavy atom. The molecule has 0 fully saturated rings. The monoisotopic (exact) mass is 384 g/mol. The molecule has 0 spiro atoms. The van der Waals surface area contributed by atoms with Crippen molar-refractivity contribution in [2.75, 3.05) is 0 Å². The van der Waals surface area contributed by atoms with Crippen molar-refractivity contribution in [3.8, 4) is 0 Å². The van der Waals surface area contributed by atoms with Crippen LogP contribution >= 0.6 is 0 Å². The number of benzene rings is 2. The van der Waals surface area contributed by atoms with Gasteiger partial charge in [-0.1, -0.05) is 48.5 Å². The first-order valence-corrected chi connectivity index (χ1v) is 9.18. The highest BCUT2D eigenvalue weighted by atomic mass is 16.2. The van der Waals surface area contributed by atoms with E-state index in [4.69, 9.17) is 0 Å². The van der Waals surface area contributed by atoms with E-state index >= 15 is 0 Å². The summed E-state index contributed by atoms with van der Waals surface area (Å²) in [5.74, 6) is -0.439. The maximum Gasteiger partial charge on any atom is 0.251 e. The summed E-state index contributed by atoms with van der Waals surface area (Å²) in [6, 6.07) is 19.0. The molecule has 3 rings (SSSR count). The number of rotatable bonds is 8. The smallest absolute Gasteiger partial charge is 0.251 e. The number of hydrogen-bond acceptors (Lipinski definition) is 4. The third kappa shape index (κ3) is 5.81. The summed E-state index contributed by atoms with van der Waals surface area (Å²) in [6.07, 6.45) is 7.49. The number of aldehydes is 1. The van der Waals surface area contributed by atoms with Crippen LogP contribution in [0.5, 0.6) is 0 Å². The minimum Gasteiger partial charge on any atom is -0.342 e. The molecule has 0 saturated heterocycles. The molecular formula is C24H20N2O3. The van der Waals surface area contributed by atoms with E-state index in [0.29, 0.717) is 17.5 Å². The second kappa shape index (κ2) is 9.90. The first-order valence-electron chi connectivity index (χ1n) is 9.18. The fourth-order valence-electron chi connectivity index (χ4n) is 2.78. The molecule has 0 aliphatic heterocycles. The first-order chi connectivity index (χ1) is 14.2. The van der Waals surface area contributed by atoms with Crippen LogP contribution in [0.4, 0.5) is 0 Å². The van der Waals surface area contributed by atoms with Gasteiger partial charge in [-0.15, -0.1) is 0 Å². The van der Waals surface area contributed by atoms with Gasteiger partial charge < -0.3 is 10.1 Å². The summed E-state index contributed by atoms with van der Waals surface area (Å²) < 4.78 is 0. The lowest BCUT2D eigenvalue weighted by Crippen LogP contribution is -2.37. The molecule has 5 heteroatoms. The van der Waals surface area contributed by atoms with E-state index in [-0.39, 0.29) is 11.7 Å². The highest BCUT2D eigenvalue weighted by molar-refractivity contribution is 6.06. The molecule has 0 aliphatic rings. The maximum absolute atomic E-state index is 12.4. The predicted octanol–water partition coefficient (Wildman–Crippen LogP) is 3.52. The fraction of sp³-hybridized carbons (Fsp3) is 0.0833. The number of nitrogens with one attached hydrogen (secondary N) is 1. The summed E-state index contributed by atoms with van der Waals surface area (Å²) >= 11 is 0. The topological polar surface area (TPSA) is 76.1 Å². The average Bonchev–Trinajstić information content (AvgIpc) is 2.78. The zero-order valence-electron chi connectivity index (χ0n) is 15.7. The van der Waals surface area contributed by atoms with Crippen LogP contribution in [-0.2, 0) is 11.2 Å². The second-order valence-electron chi connectivity index (χ2n) is 6.46. The number of carbonyl (C=O) groups excluding carboxylic acids is 3.